The Bertz CT molecular complexity index is 1470. The molecule has 0 bridgehead atoms. The lowest BCUT2D eigenvalue weighted by molar-refractivity contribution is -0.180. The van der Waals surface area contributed by atoms with Crippen LogP contribution in [0.15, 0.2) is 59.4 Å². The fourth-order valence-electron chi connectivity index (χ4n) is 7.09. The molecular formula is C38H53N3O6. The molecule has 2 aliphatic rings. The molecule has 1 aliphatic carbocycles. The Labute approximate surface area is 278 Å². The van der Waals surface area contributed by atoms with Crippen LogP contribution in [-0.4, -0.2) is 70.5 Å². The van der Waals surface area contributed by atoms with Gasteiger partial charge >= 0.3 is 5.97 Å². The van der Waals surface area contributed by atoms with Crippen LogP contribution in [0.2, 0.25) is 0 Å². The lowest BCUT2D eigenvalue weighted by Gasteiger charge is -2.40. The molecule has 0 amide bonds. The fraction of sp³-hybridized carbons (Fsp3) is 0.579. The van der Waals surface area contributed by atoms with E-state index >= 15 is 0 Å². The minimum Gasteiger partial charge on any atom is -0.506 e. The highest BCUT2D eigenvalue weighted by Gasteiger charge is 2.49. The number of ether oxygens (including phenoxy) is 1. The van der Waals surface area contributed by atoms with Gasteiger partial charge in [0.15, 0.2) is 5.60 Å². The van der Waals surface area contributed by atoms with E-state index in [0.29, 0.717) is 41.1 Å². The summed E-state index contributed by atoms with van der Waals surface area (Å²) < 4.78 is 5.77. The first-order valence-corrected chi connectivity index (χ1v) is 17.8. The van der Waals surface area contributed by atoms with Crippen molar-refractivity contribution in [3.05, 3.63) is 76.1 Å². The largest absolute Gasteiger partial charge is 0.506 e. The molecule has 47 heavy (non-hydrogen) atoms. The van der Waals surface area contributed by atoms with E-state index in [1.165, 1.54) is 44.2 Å². The van der Waals surface area contributed by atoms with Crippen LogP contribution < -0.4 is 10.9 Å². The first-order chi connectivity index (χ1) is 22.9. The van der Waals surface area contributed by atoms with Gasteiger partial charge in [-0.1, -0.05) is 74.9 Å². The standard InChI is InChI=1S/C38H53N3O6/c42-33-18-16-31(32-17-19-35(44)40-36(32)33)34(43)26-39-22-9-4-2-1-3-5-10-23-41-24-20-28(21-25-41)27-47-37(45)38(46,30-14-11-15-30)29-12-7-6-8-13-29/h6-8,12-13,16-19,28,30,34,39,42-43,46H,1-5,9-11,14-15,20-27H2,(H,40,44)/t34-,38?/m1/s1. The molecule has 9 nitrogen and oxygen atoms in total. The number of fused-ring (bicyclic) bond motifs is 1. The number of aromatic hydroxyl groups is 1. The van der Waals surface area contributed by atoms with Crippen molar-refractivity contribution in [2.45, 2.75) is 88.8 Å². The highest BCUT2D eigenvalue weighted by atomic mass is 16.5. The summed E-state index contributed by atoms with van der Waals surface area (Å²) in [5.74, 6) is -0.186. The number of aromatic amines is 1. The summed E-state index contributed by atoms with van der Waals surface area (Å²) in [6.45, 7) is 4.85. The zero-order valence-electron chi connectivity index (χ0n) is 27.7. The summed E-state index contributed by atoms with van der Waals surface area (Å²) in [6, 6.07) is 15.6. The Morgan fingerprint density at radius 2 is 1.64 bits per heavy atom. The average Bonchev–Trinajstić information content (AvgIpc) is 3.06. The smallest absolute Gasteiger partial charge is 0.343 e. The zero-order valence-corrected chi connectivity index (χ0v) is 27.7. The van der Waals surface area contributed by atoms with Gasteiger partial charge in [-0.2, -0.15) is 0 Å². The number of H-pyrrole nitrogens is 1. The molecule has 0 spiro atoms. The summed E-state index contributed by atoms with van der Waals surface area (Å²) in [7, 11) is 0. The highest BCUT2D eigenvalue weighted by Crippen LogP contribution is 2.43. The Balaban J connectivity index is 0.874. The quantitative estimate of drug-likeness (QED) is 0.0899. The molecule has 1 aromatic heterocycles. The number of pyridine rings is 1. The Morgan fingerprint density at radius 1 is 0.936 bits per heavy atom. The molecule has 1 aliphatic heterocycles. The Hall–Kier alpha value is -3.24. The molecule has 2 fully saturated rings. The summed E-state index contributed by atoms with van der Waals surface area (Å²) in [5, 5.41) is 36.2. The molecule has 0 radical (unpaired) electrons. The van der Waals surface area contributed by atoms with Gasteiger partial charge in [-0.3, -0.25) is 4.79 Å². The highest BCUT2D eigenvalue weighted by molar-refractivity contribution is 5.87. The topological polar surface area (TPSA) is 135 Å². The molecule has 1 saturated carbocycles. The molecule has 5 rings (SSSR count). The molecule has 5 N–H and O–H groups in total. The van der Waals surface area contributed by atoms with Crippen LogP contribution >= 0.6 is 0 Å². The number of nitrogens with one attached hydrogen (secondary N) is 2. The molecular weight excluding hydrogens is 594 g/mol. The minimum atomic E-state index is -1.53. The van der Waals surface area contributed by atoms with Gasteiger partial charge in [-0.25, -0.2) is 4.79 Å². The predicted molar refractivity (Wildman–Crippen MR) is 184 cm³/mol. The number of phenolic OH excluding ortho intramolecular Hbond substituents is 1. The van der Waals surface area contributed by atoms with E-state index in [4.69, 9.17) is 4.74 Å². The lowest BCUT2D eigenvalue weighted by atomic mass is 9.69. The lowest BCUT2D eigenvalue weighted by Crippen LogP contribution is -2.47. The van der Waals surface area contributed by atoms with Gasteiger partial charge in [-0.15, -0.1) is 0 Å². The number of phenols is 1. The number of benzene rings is 2. The van der Waals surface area contributed by atoms with Crippen molar-refractivity contribution >= 4 is 16.9 Å². The number of likely N-dealkylation sites (tertiary alicyclic amines) is 1. The molecule has 2 aromatic carbocycles. The number of carbonyl (C=O) groups excluding carboxylic acids is 1. The number of piperidine rings is 1. The second-order valence-corrected chi connectivity index (χ2v) is 13.6. The number of carbonyl (C=O) groups is 1. The fourth-order valence-corrected chi connectivity index (χ4v) is 7.09. The first-order valence-electron chi connectivity index (χ1n) is 17.8. The van der Waals surface area contributed by atoms with E-state index in [2.05, 4.69) is 15.2 Å². The summed E-state index contributed by atoms with van der Waals surface area (Å²) >= 11 is 0. The van der Waals surface area contributed by atoms with Crippen molar-refractivity contribution in [2.75, 3.05) is 39.3 Å². The third-order valence-electron chi connectivity index (χ3n) is 10.3. The number of hydrogen-bond acceptors (Lipinski definition) is 8. The maximum atomic E-state index is 13.1. The zero-order chi connectivity index (χ0) is 33.1. The summed E-state index contributed by atoms with van der Waals surface area (Å²) in [4.78, 5) is 29.9. The van der Waals surface area contributed by atoms with Crippen molar-refractivity contribution in [3.8, 4) is 5.75 Å². The second kappa shape index (κ2) is 17.2. The summed E-state index contributed by atoms with van der Waals surface area (Å²) in [5.41, 5.74) is -0.131. The normalized spacial score (nSPS) is 18.1. The third kappa shape index (κ3) is 9.22. The van der Waals surface area contributed by atoms with Gasteiger partial charge < -0.3 is 35.3 Å². The van der Waals surface area contributed by atoms with Crippen molar-refractivity contribution in [2.24, 2.45) is 11.8 Å². The van der Waals surface area contributed by atoms with Crippen molar-refractivity contribution in [3.63, 3.8) is 0 Å². The van der Waals surface area contributed by atoms with Crippen molar-refractivity contribution in [1.82, 2.24) is 15.2 Å². The van der Waals surface area contributed by atoms with Crippen LogP contribution in [0, 0.1) is 11.8 Å². The van der Waals surface area contributed by atoms with E-state index < -0.39 is 17.7 Å². The predicted octanol–water partition coefficient (Wildman–Crippen LogP) is 5.53. The maximum Gasteiger partial charge on any atom is 0.343 e. The van der Waals surface area contributed by atoms with E-state index in [1.54, 1.807) is 12.1 Å². The Morgan fingerprint density at radius 3 is 2.34 bits per heavy atom. The first kappa shape index (κ1) is 35.1. The van der Waals surface area contributed by atoms with Crippen molar-refractivity contribution < 1.29 is 24.9 Å². The number of esters is 1. The molecule has 2 heterocycles. The Kier molecular flexibility index (Phi) is 12.9. The van der Waals surface area contributed by atoms with E-state index in [1.807, 2.05) is 30.3 Å². The number of aliphatic hydroxyl groups excluding tert-OH is 1. The molecule has 256 valence electrons. The van der Waals surface area contributed by atoms with Crippen LogP contribution in [0.3, 0.4) is 0 Å². The van der Waals surface area contributed by atoms with Crippen LogP contribution in [-0.2, 0) is 15.1 Å². The van der Waals surface area contributed by atoms with E-state index in [9.17, 15) is 24.9 Å². The SMILES string of the molecule is O=C(OCC1CCN(CCCCCCCCCNC[C@@H](O)c2ccc(O)c3[nH]c(=O)ccc23)CC1)C(O)(c1ccccc1)C1CCC1. The van der Waals surface area contributed by atoms with Gasteiger partial charge in [0.25, 0.3) is 0 Å². The number of aliphatic hydroxyl groups is 2. The van der Waals surface area contributed by atoms with Gasteiger partial charge in [-0.05, 0) is 93.9 Å². The molecule has 1 saturated heterocycles. The van der Waals surface area contributed by atoms with Gasteiger partial charge in [0.05, 0.1) is 18.2 Å². The number of rotatable bonds is 18. The van der Waals surface area contributed by atoms with Gasteiger partial charge in [0.2, 0.25) is 5.56 Å². The average molecular weight is 648 g/mol. The van der Waals surface area contributed by atoms with Crippen LogP contribution in [0.4, 0.5) is 0 Å². The molecule has 9 heteroatoms. The summed E-state index contributed by atoms with van der Waals surface area (Å²) in [6.07, 6.45) is 12.5. The van der Waals surface area contributed by atoms with Gasteiger partial charge in [0.1, 0.15) is 5.75 Å². The number of aromatic nitrogens is 1. The monoisotopic (exact) mass is 647 g/mol. The molecule has 1 unspecified atom stereocenters. The maximum absolute atomic E-state index is 13.1. The number of hydrogen-bond donors (Lipinski definition) is 5. The van der Waals surface area contributed by atoms with E-state index in [-0.39, 0.29) is 17.2 Å². The number of unbranched alkanes of at least 4 members (excludes halogenated alkanes) is 6. The van der Waals surface area contributed by atoms with Crippen LogP contribution in [0.25, 0.3) is 10.9 Å². The van der Waals surface area contributed by atoms with Crippen LogP contribution in [0.1, 0.15) is 94.3 Å². The minimum absolute atomic E-state index is 0.00277. The van der Waals surface area contributed by atoms with Crippen molar-refractivity contribution in [1.29, 1.82) is 0 Å². The van der Waals surface area contributed by atoms with Crippen LogP contribution in [0.5, 0.6) is 5.75 Å². The number of nitrogens with zero attached hydrogens (tertiary/aromatic N) is 1. The molecule has 3 aromatic rings. The van der Waals surface area contributed by atoms with Gasteiger partial charge in [0, 0.05) is 23.9 Å². The third-order valence-corrected chi connectivity index (χ3v) is 10.3. The molecule has 2 atom stereocenters. The van der Waals surface area contributed by atoms with E-state index in [0.717, 1.165) is 71.1 Å². The second-order valence-electron chi connectivity index (χ2n) is 13.6.